The quantitative estimate of drug-likeness (QED) is 0.126. The molecule has 4 atom stereocenters. The first kappa shape index (κ1) is 39.3. The molecule has 0 N–H and O–H groups in total. The van der Waals surface area contributed by atoms with Crippen LogP contribution in [0.25, 0.3) is 0 Å². The van der Waals surface area contributed by atoms with E-state index in [0.29, 0.717) is 0 Å². The maximum atomic E-state index is 12.1. The van der Waals surface area contributed by atoms with E-state index in [0.717, 1.165) is 12.0 Å². The first-order valence-corrected chi connectivity index (χ1v) is 18.1. The van der Waals surface area contributed by atoms with E-state index in [1.54, 1.807) is 0 Å². The average molecular weight is 657 g/mol. The van der Waals surface area contributed by atoms with Crippen LogP contribution in [-0.4, -0.2) is 25.2 Å². The normalized spacial score (nSPS) is 28.4. The third kappa shape index (κ3) is 10.2. The summed E-state index contributed by atoms with van der Waals surface area (Å²) in [5.74, 6) is -0.737. The lowest BCUT2D eigenvalue weighted by Gasteiger charge is -2.47. The molecule has 0 aromatic rings. The highest BCUT2D eigenvalue weighted by atomic mass is 16.5. The van der Waals surface area contributed by atoms with Crippen molar-refractivity contribution in [3.63, 3.8) is 0 Å². The van der Waals surface area contributed by atoms with Crippen LogP contribution in [0.3, 0.4) is 0 Å². The van der Waals surface area contributed by atoms with Gasteiger partial charge in [0.05, 0.1) is 13.2 Å². The fraction of sp³-hybridized carbons (Fsp3) is 0.591. The first-order valence-electron chi connectivity index (χ1n) is 18.1. The maximum absolute atomic E-state index is 12.1. The summed E-state index contributed by atoms with van der Waals surface area (Å²) < 4.78 is 11.3. The molecule has 0 unspecified atom stereocenters. The number of hydrogen-bond acceptors (Lipinski definition) is 4. The highest BCUT2D eigenvalue weighted by molar-refractivity contribution is 5.66. The van der Waals surface area contributed by atoms with Crippen LogP contribution >= 0.6 is 0 Å². The van der Waals surface area contributed by atoms with Crippen LogP contribution in [0.1, 0.15) is 122 Å². The second-order valence-corrected chi connectivity index (χ2v) is 16.3. The standard InChI is InChI=1S/C44H64O4/c1-30(19-21-39-32(3)17-14-23-42(39,8)9)16-13-25-44(12)37(26-31(2)20-22-40-33(4)18-15-24-43(40,10)11)27-34(5)38(28-47-35(6)45)41(44)29-48-36(7)46/h13,16,19-22,25-27,37-38,41H,14-15,17-18,23-24,28-29H2,1-12H3/b21-19+,22-20+,25-13+,30-16+,31-26+/t37-,38+,41+,44-/m0/s1. The van der Waals surface area contributed by atoms with Crippen LogP contribution in [0.15, 0.2) is 93.7 Å². The van der Waals surface area contributed by atoms with E-state index in [1.165, 1.54) is 79.4 Å². The molecule has 0 aliphatic heterocycles. The Labute approximate surface area is 292 Å². The third-order valence-corrected chi connectivity index (χ3v) is 11.3. The zero-order valence-corrected chi connectivity index (χ0v) is 32.2. The molecule has 48 heavy (non-hydrogen) atoms. The molecular weight excluding hydrogens is 592 g/mol. The van der Waals surface area contributed by atoms with Crippen LogP contribution in [0.2, 0.25) is 0 Å². The molecule has 0 fully saturated rings. The van der Waals surface area contributed by atoms with E-state index < -0.39 is 5.41 Å². The van der Waals surface area contributed by atoms with Gasteiger partial charge in [-0.1, -0.05) is 117 Å². The molecule has 0 saturated carbocycles. The SMILES string of the molecule is CC(=O)OC[C@@H]1C(C)=C[C@H](/C=C(C)/C=C/C2=C(C)CCCC2(C)C)[C@](C)(/C=C/C=C(C)/C=C/C2=C(C)CCCC2(C)C)[C@@H]1COC(C)=O. The van der Waals surface area contributed by atoms with Crippen LogP contribution in [-0.2, 0) is 19.1 Å². The van der Waals surface area contributed by atoms with Gasteiger partial charge in [0.1, 0.15) is 0 Å². The zero-order valence-electron chi connectivity index (χ0n) is 32.2. The Morgan fingerprint density at radius 1 is 0.771 bits per heavy atom. The second kappa shape index (κ2) is 16.5. The highest BCUT2D eigenvalue weighted by Gasteiger charge is 2.46. The molecule has 3 aliphatic carbocycles. The van der Waals surface area contributed by atoms with E-state index in [1.807, 2.05) is 0 Å². The molecule has 0 aromatic carbocycles. The number of esters is 2. The van der Waals surface area contributed by atoms with Gasteiger partial charge in [0.15, 0.2) is 0 Å². The Morgan fingerprint density at radius 2 is 1.27 bits per heavy atom. The Hall–Kier alpha value is -3.14. The van der Waals surface area contributed by atoms with Gasteiger partial charge in [0.2, 0.25) is 0 Å². The van der Waals surface area contributed by atoms with E-state index in [2.05, 4.69) is 124 Å². The van der Waals surface area contributed by atoms with Crippen molar-refractivity contribution in [1.29, 1.82) is 0 Å². The molecule has 0 radical (unpaired) electrons. The summed E-state index contributed by atoms with van der Waals surface area (Å²) in [5, 5.41) is 0. The maximum Gasteiger partial charge on any atom is 0.302 e. The molecule has 3 rings (SSSR count). The monoisotopic (exact) mass is 656 g/mol. The van der Waals surface area contributed by atoms with Crippen LogP contribution in [0.5, 0.6) is 0 Å². The van der Waals surface area contributed by atoms with E-state index in [-0.39, 0.29) is 53.7 Å². The topological polar surface area (TPSA) is 52.6 Å². The summed E-state index contributed by atoms with van der Waals surface area (Å²) >= 11 is 0. The van der Waals surface area contributed by atoms with Crippen molar-refractivity contribution in [2.24, 2.45) is 34.0 Å². The summed E-state index contributed by atoms with van der Waals surface area (Å²) in [6, 6.07) is 0. The van der Waals surface area contributed by atoms with Crippen molar-refractivity contribution in [3.8, 4) is 0 Å². The minimum Gasteiger partial charge on any atom is -0.466 e. The van der Waals surface area contributed by atoms with Crippen molar-refractivity contribution in [1.82, 2.24) is 0 Å². The molecule has 264 valence electrons. The van der Waals surface area contributed by atoms with Crippen LogP contribution < -0.4 is 0 Å². The van der Waals surface area contributed by atoms with Gasteiger partial charge in [-0.3, -0.25) is 9.59 Å². The Balaban J connectivity index is 2.05. The van der Waals surface area contributed by atoms with Crippen molar-refractivity contribution >= 4 is 11.9 Å². The van der Waals surface area contributed by atoms with Gasteiger partial charge in [0, 0.05) is 37.0 Å². The predicted molar refractivity (Wildman–Crippen MR) is 201 cm³/mol. The average Bonchev–Trinajstić information content (AvgIpc) is 2.96. The molecule has 0 spiro atoms. The van der Waals surface area contributed by atoms with Crippen LogP contribution in [0, 0.1) is 34.0 Å². The van der Waals surface area contributed by atoms with Crippen molar-refractivity contribution in [3.05, 3.63) is 93.7 Å². The predicted octanol–water partition coefficient (Wildman–Crippen LogP) is 11.5. The van der Waals surface area contributed by atoms with Gasteiger partial charge >= 0.3 is 11.9 Å². The number of ether oxygens (including phenoxy) is 2. The van der Waals surface area contributed by atoms with Gasteiger partial charge in [-0.25, -0.2) is 0 Å². The van der Waals surface area contributed by atoms with Gasteiger partial charge in [0.25, 0.3) is 0 Å². The Kier molecular flexibility index (Phi) is 13.5. The lowest BCUT2D eigenvalue weighted by atomic mass is 9.58. The summed E-state index contributed by atoms with van der Waals surface area (Å²) in [6.07, 6.45) is 27.7. The van der Waals surface area contributed by atoms with Gasteiger partial charge in [-0.05, 0) is 95.1 Å². The number of carbonyl (C=O) groups is 2. The zero-order chi connectivity index (χ0) is 35.9. The minimum atomic E-state index is -0.418. The third-order valence-electron chi connectivity index (χ3n) is 11.3. The lowest BCUT2D eigenvalue weighted by Crippen LogP contribution is -2.45. The molecule has 3 aliphatic rings. The van der Waals surface area contributed by atoms with E-state index in [9.17, 15) is 9.59 Å². The fourth-order valence-electron chi connectivity index (χ4n) is 8.26. The molecule has 4 heteroatoms. The summed E-state index contributed by atoms with van der Waals surface area (Å²) in [5.41, 5.74) is 9.37. The number of hydrogen-bond donors (Lipinski definition) is 0. The first-order chi connectivity index (χ1) is 22.4. The molecule has 0 amide bonds. The van der Waals surface area contributed by atoms with Crippen molar-refractivity contribution in [2.75, 3.05) is 13.2 Å². The van der Waals surface area contributed by atoms with Gasteiger partial charge < -0.3 is 9.47 Å². The summed E-state index contributed by atoms with van der Waals surface area (Å²) in [7, 11) is 0. The van der Waals surface area contributed by atoms with E-state index in [4.69, 9.17) is 9.47 Å². The smallest absolute Gasteiger partial charge is 0.302 e. The van der Waals surface area contributed by atoms with E-state index >= 15 is 0 Å². The Morgan fingerprint density at radius 3 is 1.77 bits per heavy atom. The van der Waals surface area contributed by atoms with Gasteiger partial charge in [-0.15, -0.1) is 0 Å². The van der Waals surface area contributed by atoms with Crippen molar-refractivity contribution < 1.29 is 19.1 Å². The van der Waals surface area contributed by atoms with Gasteiger partial charge in [-0.2, -0.15) is 0 Å². The summed E-state index contributed by atoms with van der Waals surface area (Å²) in [6.45, 7) is 26.1. The largest absolute Gasteiger partial charge is 0.466 e. The molecule has 0 heterocycles. The summed E-state index contributed by atoms with van der Waals surface area (Å²) in [4.78, 5) is 24.0. The molecular formula is C44H64O4. The molecule has 4 nitrogen and oxygen atoms in total. The second-order valence-electron chi connectivity index (χ2n) is 16.3. The molecule has 0 saturated heterocycles. The molecule has 0 bridgehead atoms. The molecule has 0 aromatic heterocycles. The lowest BCUT2D eigenvalue weighted by molar-refractivity contribution is -0.148. The fourth-order valence-corrected chi connectivity index (χ4v) is 8.26. The van der Waals surface area contributed by atoms with Crippen molar-refractivity contribution in [2.45, 2.75) is 122 Å². The highest BCUT2D eigenvalue weighted by Crippen LogP contribution is 2.50. The number of rotatable bonds is 11. The van der Waals surface area contributed by atoms with Crippen LogP contribution in [0.4, 0.5) is 0 Å². The number of allylic oxidation sites excluding steroid dienone is 15. The minimum absolute atomic E-state index is 0.0436. The number of carbonyl (C=O) groups excluding carboxylic acids is 2. The Bertz CT molecular complexity index is 1450.